The molecule has 0 aliphatic carbocycles. The van der Waals surface area contributed by atoms with Crippen molar-refractivity contribution in [1.82, 2.24) is 14.5 Å². The molecule has 29 heavy (non-hydrogen) atoms. The third-order valence-electron chi connectivity index (χ3n) is 5.32. The molecule has 0 saturated heterocycles. The van der Waals surface area contributed by atoms with Gasteiger partial charge in [-0.15, -0.1) is 0 Å². The first kappa shape index (κ1) is 21.1. The molecule has 0 aliphatic rings. The normalized spacial score (nSPS) is 13.6. The van der Waals surface area contributed by atoms with Gasteiger partial charge in [0.05, 0.1) is 17.6 Å². The van der Waals surface area contributed by atoms with Gasteiger partial charge in [-0.3, -0.25) is 9.13 Å². The molecule has 7 heteroatoms. The van der Waals surface area contributed by atoms with Gasteiger partial charge < -0.3 is 20.3 Å². The van der Waals surface area contributed by atoms with Crippen molar-refractivity contribution in [3.63, 3.8) is 0 Å². The van der Waals surface area contributed by atoms with Crippen LogP contribution in [0, 0.1) is 0 Å². The maximum absolute atomic E-state index is 12.0. The van der Waals surface area contributed by atoms with Gasteiger partial charge in [-0.25, -0.2) is 4.79 Å². The molecule has 1 heterocycles. The highest BCUT2D eigenvalue weighted by Gasteiger charge is 2.13. The summed E-state index contributed by atoms with van der Waals surface area (Å²) in [6.45, 7) is 2.95. The fraction of sp³-hybridized carbons (Fsp3) is 0.409. The largest absolute Gasteiger partial charge is 0.491 e. The topological polar surface area (TPSA) is 88.7 Å². The average molecular weight is 399 g/mol. The number of benzene rings is 2. The summed E-state index contributed by atoms with van der Waals surface area (Å²) in [6, 6.07) is 13.2. The van der Waals surface area contributed by atoms with Crippen LogP contribution in [0.2, 0.25) is 0 Å². The number of aliphatic hydroxyl groups is 2. The van der Waals surface area contributed by atoms with Gasteiger partial charge in [0.2, 0.25) is 0 Å². The Labute approximate surface area is 170 Å². The summed E-state index contributed by atoms with van der Waals surface area (Å²) in [5, 5.41) is 23.0. The summed E-state index contributed by atoms with van der Waals surface area (Å²) in [5.74, 6) is 0.676. The number of aromatic nitrogens is 2. The molecule has 0 bridgehead atoms. The highest BCUT2D eigenvalue weighted by atomic mass is 16.5. The van der Waals surface area contributed by atoms with Crippen molar-refractivity contribution in [2.75, 3.05) is 13.2 Å². The van der Waals surface area contributed by atoms with E-state index in [1.165, 1.54) is 0 Å². The summed E-state index contributed by atoms with van der Waals surface area (Å²) in [5.41, 5.74) is 3.31. The van der Waals surface area contributed by atoms with Crippen LogP contribution in [0.1, 0.15) is 30.6 Å². The molecular weight excluding hydrogens is 370 g/mol. The average Bonchev–Trinajstić information content (AvgIpc) is 2.97. The smallest absolute Gasteiger partial charge is 0.328 e. The Bertz CT molecular complexity index is 1000. The number of hydrogen-bond donors (Lipinski definition) is 3. The number of fused-ring (bicyclic) bond motifs is 1. The van der Waals surface area contributed by atoms with Crippen LogP contribution in [0.15, 0.2) is 47.3 Å². The van der Waals surface area contributed by atoms with Crippen molar-refractivity contribution in [2.45, 2.75) is 32.0 Å². The number of aryl methyl sites for hydroxylation is 2. The van der Waals surface area contributed by atoms with Crippen LogP contribution in [0.5, 0.6) is 5.75 Å². The molecule has 0 aliphatic heterocycles. The van der Waals surface area contributed by atoms with Crippen molar-refractivity contribution in [2.24, 2.45) is 14.1 Å². The van der Waals surface area contributed by atoms with E-state index in [0.29, 0.717) is 17.9 Å². The zero-order valence-electron chi connectivity index (χ0n) is 17.1. The molecule has 0 spiro atoms. The number of rotatable bonds is 9. The Morgan fingerprint density at radius 1 is 1.07 bits per heavy atom. The maximum Gasteiger partial charge on any atom is 0.328 e. The Morgan fingerprint density at radius 2 is 1.76 bits per heavy atom. The Morgan fingerprint density at radius 3 is 2.41 bits per heavy atom. The third-order valence-corrected chi connectivity index (χ3v) is 5.32. The first-order valence-corrected chi connectivity index (χ1v) is 9.84. The zero-order valence-corrected chi connectivity index (χ0v) is 17.1. The van der Waals surface area contributed by atoms with Gasteiger partial charge in [0.1, 0.15) is 18.5 Å². The molecule has 1 aromatic heterocycles. The van der Waals surface area contributed by atoms with E-state index in [4.69, 9.17) is 4.74 Å². The first-order chi connectivity index (χ1) is 13.9. The minimum absolute atomic E-state index is 0.0956. The predicted molar refractivity (Wildman–Crippen MR) is 113 cm³/mol. The minimum Gasteiger partial charge on any atom is -0.491 e. The Balaban J connectivity index is 1.60. The third kappa shape index (κ3) is 4.70. The fourth-order valence-corrected chi connectivity index (χ4v) is 3.31. The predicted octanol–water partition coefficient (Wildman–Crippen LogP) is 1.85. The van der Waals surface area contributed by atoms with E-state index in [1.807, 2.05) is 49.4 Å². The monoisotopic (exact) mass is 399 g/mol. The zero-order chi connectivity index (χ0) is 21.0. The van der Waals surface area contributed by atoms with E-state index in [1.54, 1.807) is 23.2 Å². The van der Waals surface area contributed by atoms with Crippen LogP contribution in [0.3, 0.4) is 0 Å². The lowest BCUT2D eigenvalue weighted by Gasteiger charge is -2.15. The second-order valence-electron chi connectivity index (χ2n) is 7.29. The number of nitrogens with one attached hydrogen (secondary N) is 1. The molecule has 0 fully saturated rings. The summed E-state index contributed by atoms with van der Waals surface area (Å²) in [4.78, 5) is 12.0. The maximum atomic E-state index is 12.0. The van der Waals surface area contributed by atoms with E-state index < -0.39 is 6.10 Å². The van der Waals surface area contributed by atoms with Crippen LogP contribution >= 0.6 is 0 Å². The molecule has 3 N–H and O–H groups in total. The molecule has 0 unspecified atom stereocenters. The lowest BCUT2D eigenvalue weighted by Crippen LogP contribution is -2.31. The lowest BCUT2D eigenvalue weighted by atomic mass is 10.1. The van der Waals surface area contributed by atoms with Gasteiger partial charge in [-0.05, 0) is 41.8 Å². The van der Waals surface area contributed by atoms with E-state index in [-0.39, 0.29) is 24.9 Å². The number of nitrogens with zero attached hydrogens (tertiary/aromatic N) is 2. The van der Waals surface area contributed by atoms with E-state index in [0.717, 1.165) is 23.0 Å². The second kappa shape index (κ2) is 9.26. The van der Waals surface area contributed by atoms with Crippen molar-refractivity contribution >= 4 is 11.0 Å². The number of aliphatic hydroxyl groups excluding tert-OH is 2. The van der Waals surface area contributed by atoms with E-state index in [9.17, 15) is 15.0 Å². The minimum atomic E-state index is -0.800. The van der Waals surface area contributed by atoms with Gasteiger partial charge in [-0.2, -0.15) is 0 Å². The van der Waals surface area contributed by atoms with Crippen molar-refractivity contribution in [3.8, 4) is 5.75 Å². The number of ether oxygens (including phenoxy) is 1. The molecule has 7 nitrogen and oxygen atoms in total. The van der Waals surface area contributed by atoms with Crippen molar-refractivity contribution < 1.29 is 14.9 Å². The van der Waals surface area contributed by atoms with Gasteiger partial charge in [-0.1, -0.05) is 25.1 Å². The van der Waals surface area contributed by atoms with Gasteiger partial charge in [0, 0.05) is 26.7 Å². The van der Waals surface area contributed by atoms with Gasteiger partial charge in [0.15, 0.2) is 0 Å². The Hall–Kier alpha value is -2.61. The van der Waals surface area contributed by atoms with Crippen molar-refractivity contribution in [1.29, 1.82) is 0 Å². The molecule has 0 radical (unpaired) electrons. The summed E-state index contributed by atoms with van der Waals surface area (Å²) in [6.07, 6.45) is 0.0735. The summed E-state index contributed by atoms with van der Waals surface area (Å²) >= 11 is 0. The molecule has 0 amide bonds. The highest BCUT2D eigenvalue weighted by Crippen LogP contribution is 2.21. The van der Waals surface area contributed by atoms with Crippen LogP contribution in [0.25, 0.3) is 11.0 Å². The number of hydrogen-bond acceptors (Lipinski definition) is 5. The van der Waals surface area contributed by atoms with E-state index in [2.05, 4.69) is 5.32 Å². The van der Waals surface area contributed by atoms with Gasteiger partial charge in [0.25, 0.3) is 0 Å². The molecule has 2 atom stereocenters. The van der Waals surface area contributed by atoms with Crippen molar-refractivity contribution in [3.05, 3.63) is 64.1 Å². The quantitative estimate of drug-likeness (QED) is 0.511. The summed E-state index contributed by atoms with van der Waals surface area (Å²) < 4.78 is 8.89. The fourth-order valence-electron chi connectivity index (χ4n) is 3.31. The van der Waals surface area contributed by atoms with E-state index >= 15 is 0 Å². The van der Waals surface area contributed by atoms with Crippen LogP contribution in [0.4, 0.5) is 0 Å². The second-order valence-corrected chi connectivity index (χ2v) is 7.29. The van der Waals surface area contributed by atoms with Crippen LogP contribution in [-0.4, -0.2) is 38.6 Å². The lowest BCUT2D eigenvalue weighted by molar-refractivity contribution is 0.108. The summed E-state index contributed by atoms with van der Waals surface area (Å²) in [7, 11) is 3.45. The molecular formula is C22H29N3O4. The molecule has 2 aromatic carbocycles. The SMILES string of the molecule is CC[C@H](CO)NCc1ccc(OC[C@H](O)c2ccc3c(c2)n(C)c(=O)n3C)cc1. The standard InChI is InChI=1S/C22H29N3O4/c1-4-17(13-26)23-12-15-5-8-18(9-6-15)29-14-21(27)16-7-10-19-20(11-16)25(3)22(28)24(19)2/h5-11,17,21,23,26-27H,4,12-14H2,1-3H3/t17-,21+/m1/s1. The first-order valence-electron chi connectivity index (χ1n) is 9.84. The molecule has 156 valence electrons. The molecule has 3 aromatic rings. The highest BCUT2D eigenvalue weighted by molar-refractivity contribution is 5.76. The van der Waals surface area contributed by atoms with Crippen LogP contribution in [-0.2, 0) is 20.6 Å². The Kier molecular flexibility index (Phi) is 6.74. The number of imidazole rings is 1. The molecule has 3 rings (SSSR count). The van der Waals surface area contributed by atoms with Gasteiger partial charge >= 0.3 is 5.69 Å². The molecule has 0 saturated carbocycles. The van der Waals surface area contributed by atoms with Crippen LogP contribution < -0.4 is 15.7 Å².